The molecule has 0 aliphatic carbocycles. The topological polar surface area (TPSA) is 71.4 Å². The van der Waals surface area contributed by atoms with Crippen LogP contribution in [0, 0.1) is 0 Å². The summed E-state index contributed by atoms with van der Waals surface area (Å²) in [6.45, 7) is 0. The lowest BCUT2D eigenvalue weighted by atomic mass is 10.1. The molecule has 15 heavy (non-hydrogen) atoms. The average Bonchev–Trinajstić information content (AvgIpc) is 2.14. The molecule has 0 saturated carbocycles. The zero-order valence-electron chi connectivity index (χ0n) is 7.38. The van der Waals surface area contributed by atoms with Gasteiger partial charge in [0.15, 0.2) is 5.78 Å². The third-order valence-electron chi connectivity index (χ3n) is 1.51. The van der Waals surface area contributed by atoms with Crippen molar-refractivity contribution in [2.45, 2.75) is 0 Å². The van der Waals surface area contributed by atoms with E-state index < -0.39 is 9.15 Å². The molecule has 0 aromatic heterocycles. The van der Waals surface area contributed by atoms with Crippen LogP contribution in [0.15, 0.2) is 24.3 Å². The maximum Gasteiger partial charge on any atom is 0.320 e. The summed E-state index contributed by atoms with van der Waals surface area (Å²) in [4.78, 5) is 11.4. The van der Waals surface area contributed by atoms with Crippen molar-refractivity contribution in [2.24, 2.45) is 0 Å². The van der Waals surface area contributed by atoms with Gasteiger partial charge in [0.05, 0.1) is 5.75 Å². The minimum Gasteiger partial charge on any atom is -0.293 e. The van der Waals surface area contributed by atoms with E-state index in [9.17, 15) is 13.2 Å². The Balaban J connectivity index is 2.66. The standard InChI is InChI=1S/C8H7ClO4S2/c9-7-3-1-6(2-4-7)8(10)5-14-15(11,12)13/h1-4H,5H2,(H,11,12,13). The molecule has 1 aromatic carbocycles. The van der Waals surface area contributed by atoms with E-state index in [1.54, 1.807) is 0 Å². The van der Waals surface area contributed by atoms with Crippen LogP contribution < -0.4 is 0 Å². The minimum atomic E-state index is -4.17. The van der Waals surface area contributed by atoms with E-state index in [0.29, 0.717) is 10.6 Å². The van der Waals surface area contributed by atoms with Crippen LogP contribution >= 0.6 is 22.4 Å². The van der Waals surface area contributed by atoms with Crippen molar-refractivity contribution in [3.63, 3.8) is 0 Å². The van der Waals surface area contributed by atoms with Gasteiger partial charge in [-0.3, -0.25) is 9.35 Å². The largest absolute Gasteiger partial charge is 0.320 e. The molecule has 1 rings (SSSR count). The molecular formula is C8H7ClO4S2. The summed E-state index contributed by atoms with van der Waals surface area (Å²) in [5.74, 6) is -0.699. The Labute approximate surface area is 95.8 Å². The second-order valence-corrected chi connectivity index (χ2v) is 6.41. The highest BCUT2D eigenvalue weighted by Crippen LogP contribution is 2.14. The van der Waals surface area contributed by atoms with Gasteiger partial charge in [0.1, 0.15) is 0 Å². The van der Waals surface area contributed by atoms with Gasteiger partial charge in [-0.25, -0.2) is 0 Å². The normalized spacial score (nSPS) is 11.3. The number of ketones is 1. The van der Waals surface area contributed by atoms with Gasteiger partial charge in [0.2, 0.25) is 0 Å². The molecular weight excluding hydrogens is 260 g/mol. The number of hydrogen-bond donors (Lipinski definition) is 1. The summed E-state index contributed by atoms with van der Waals surface area (Å²) in [5, 5.41) is 0.494. The zero-order chi connectivity index (χ0) is 11.5. The van der Waals surface area contributed by atoms with Crippen LogP contribution in [0.25, 0.3) is 0 Å². The van der Waals surface area contributed by atoms with Gasteiger partial charge in [-0.1, -0.05) is 11.6 Å². The molecule has 1 N–H and O–H groups in total. The van der Waals surface area contributed by atoms with Crippen LogP contribution in [-0.2, 0) is 9.15 Å². The van der Waals surface area contributed by atoms with Gasteiger partial charge in [0.25, 0.3) is 0 Å². The van der Waals surface area contributed by atoms with Crippen molar-refractivity contribution in [2.75, 3.05) is 5.75 Å². The molecule has 0 spiro atoms. The summed E-state index contributed by atoms with van der Waals surface area (Å²) >= 11 is 5.61. The number of carbonyl (C=O) groups is 1. The summed E-state index contributed by atoms with van der Waals surface area (Å²) in [5.41, 5.74) is 0.357. The maximum absolute atomic E-state index is 11.4. The van der Waals surface area contributed by atoms with Crippen molar-refractivity contribution in [3.8, 4) is 0 Å². The second kappa shape index (κ2) is 4.98. The molecule has 0 saturated heterocycles. The third kappa shape index (κ3) is 4.65. The fourth-order valence-electron chi connectivity index (χ4n) is 0.847. The van der Waals surface area contributed by atoms with Crippen molar-refractivity contribution in [3.05, 3.63) is 34.9 Å². The Morgan fingerprint density at radius 3 is 2.33 bits per heavy atom. The molecule has 0 aliphatic rings. The minimum absolute atomic E-state index is 0.186. The first-order valence-corrected chi connectivity index (χ1v) is 7.11. The molecule has 0 bridgehead atoms. The number of hydrogen-bond acceptors (Lipinski definition) is 4. The van der Waals surface area contributed by atoms with E-state index in [-0.39, 0.29) is 22.3 Å². The maximum atomic E-state index is 11.4. The van der Waals surface area contributed by atoms with E-state index in [0.717, 1.165) is 0 Å². The van der Waals surface area contributed by atoms with Gasteiger partial charge in [-0.15, -0.1) is 0 Å². The Hall–Kier alpha value is -0.560. The number of rotatable bonds is 4. The average molecular weight is 267 g/mol. The van der Waals surface area contributed by atoms with Crippen LogP contribution in [0.3, 0.4) is 0 Å². The van der Waals surface area contributed by atoms with Gasteiger partial charge in [0, 0.05) is 21.4 Å². The fourth-order valence-corrected chi connectivity index (χ4v) is 2.16. The van der Waals surface area contributed by atoms with Crippen LogP contribution in [0.5, 0.6) is 0 Å². The quantitative estimate of drug-likeness (QED) is 0.513. The van der Waals surface area contributed by atoms with Crippen molar-refractivity contribution >= 4 is 37.3 Å². The SMILES string of the molecule is O=C(CSS(=O)(=O)O)c1ccc(Cl)cc1. The van der Waals surface area contributed by atoms with E-state index in [1.165, 1.54) is 24.3 Å². The molecule has 0 radical (unpaired) electrons. The first kappa shape index (κ1) is 12.5. The lowest BCUT2D eigenvalue weighted by Crippen LogP contribution is -2.04. The molecule has 4 nitrogen and oxygen atoms in total. The molecule has 0 heterocycles. The van der Waals surface area contributed by atoms with Crippen molar-refractivity contribution in [1.82, 2.24) is 0 Å². The number of carbonyl (C=O) groups excluding carboxylic acids is 1. The van der Waals surface area contributed by atoms with Crippen LogP contribution in [-0.4, -0.2) is 24.5 Å². The smallest absolute Gasteiger partial charge is 0.293 e. The van der Waals surface area contributed by atoms with E-state index >= 15 is 0 Å². The van der Waals surface area contributed by atoms with Gasteiger partial charge >= 0.3 is 9.15 Å². The Bertz CT molecular complexity index is 452. The molecule has 0 amide bonds. The van der Waals surface area contributed by atoms with E-state index in [2.05, 4.69) is 0 Å². The monoisotopic (exact) mass is 266 g/mol. The molecule has 7 heteroatoms. The Morgan fingerprint density at radius 2 is 1.87 bits per heavy atom. The Morgan fingerprint density at radius 1 is 1.33 bits per heavy atom. The number of halogens is 1. The first-order chi connectivity index (χ1) is 6.88. The predicted molar refractivity (Wildman–Crippen MR) is 59.8 cm³/mol. The van der Waals surface area contributed by atoms with Crippen LogP contribution in [0.4, 0.5) is 0 Å². The molecule has 1 aromatic rings. The second-order valence-electron chi connectivity index (χ2n) is 2.62. The first-order valence-electron chi connectivity index (χ1n) is 3.79. The van der Waals surface area contributed by atoms with E-state index in [4.69, 9.17) is 16.2 Å². The van der Waals surface area contributed by atoms with Gasteiger partial charge in [-0.05, 0) is 24.3 Å². The van der Waals surface area contributed by atoms with Crippen molar-refractivity contribution < 1.29 is 17.8 Å². The summed E-state index contributed by atoms with van der Waals surface area (Å²) in [6.07, 6.45) is 0. The Kier molecular flexibility index (Phi) is 4.15. The molecule has 82 valence electrons. The van der Waals surface area contributed by atoms with Gasteiger partial charge < -0.3 is 0 Å². The summed E-state index contributed by atoms with van der Waals surface area (Å²) < 4.78 is 29.2. The van der Waals surface area contributed by atoms with Gasteiger partial charge in [-0.2, -0.15) is 8.42 Å². The summed E-state index contributed by atoms with van der Waals surface area (Å²) in [6, 6.07) is 6.06. The van der Waals surface area contributed by atoms with E-state index in [1.807, 2.05) is 0 Å². The predicted octanol–water partition coefficient (Wildman–Crippen LogP) is 2.06. The lowest BCUT2D eigenvalue weighted by Gasteiger charge is -1.99. The van der Waals surface area contributed by atoms with Crippen LogP contribution in [0.1, 0.15) is 10.4 Å². The molecule has 0 aliphatic heterocycles. The third-order valence-corrected chi connectivity index (χ3v) is 3.68. The zero-order valence-corrected chi connectivity index (χ0v) is 9.77. The highest BCUT2D eigenvalue weighted by atomic mass is 35.5. The lowest BCUT2D eigenvalue weighted by molar-refractivity contribution is 0.102. The number of Topliss-reactive ketones (excluding diaryl/α,β-unsaturated/α-hetero) is 1. The molecule has 0 unspecified atom stereocenters. The molecule has 0 atom stereocenters. The fraction of sp³-hybridized carbons (Fsp3) is 0.125. The highest BCUT2D eigenvalue weighted by molar-refractivity contribution is 8.70. The highest BCUT2D eigenvalue weighted by Gasteiger charge is 2.11. The number of benzene rings is 1. The van der Waals surface area contributed by atoms with Crippen molar-refractivity contribution in [1.29, 1.82) is 0 Å². The van der Waals surface area contributed by atoms with Crippen LogP contribution in [0.2, 0.25) is 5.02 Å². The summed E-state index contributed by atoms with van der Waals surface area (Å²) in [7, 11) is -3.98. The molecule has 0 fully saturated rings.